The zero-order chi connectivity index (χ0) is 13.8. The van der Waals surface area contributed by atoms with Crippen LogP contribution in [0.15, 0.2) is 18.6 Å². The molecule has 0 saturated heterocycles. The molecule has 0 aliphatic carbocycles. The minimum Gasteiger partial charge on any atom is -0.345 e. The highest BCUT2D eigenvalue weighted by Gasteiger charge is 2.12. The van der Waals surface area contributed by atoms with Crippen molar-refractivity contribution in [3.05, 3.63) is 38.6 Å². The summed E-state index contributed by atoms with van der Waals surface area (Å²) in [5.74, 6) is 0.353. The first-order valence-corrected chi connectivity index (χ1v) is 6.59. The van der Waals surface area contributed by atoms with E-state index in [9.17, 15) is 10.1 Å². The third-order valence-electron chi connectivity index (χ3n) is 2.48. The second-order valence-electron chi connectivity index (χ2n) is 3.91. The van der Waals surface area contributed by atoms with Crippen LogP contribution in [0.3, 0.4) is 0 Å². The number of hydrogen-bond donors (Lipinski definition) is 1. The Morgan fingerprint density at radius 3 is 2.58 bits per heavy atom. The number of aromatic nitrogens is 3. The van der Waals surface area contributed by atoms with Crippen LogP contribution in [0.2, 0.25) is 0 Å². The molecule has 100 valence electrons. The fourth-order valence-electron chi connectivity index (χ4n) is 1.43. The van der Waals surface area contributed by atoms with Crippen molar-refractivity contribution in [2.75, 3.05) is 5.32 Å². The maximum absolute atomic E-state index is 10.5. The first-order chi connectivity index (χ1) is 9.10. The molecule has 0 aliphatic heterocycles. The number of rotatable bonds is 5. The highest BCUT2D eigenvalue weighted by atomic mass is 32.1. The quantitative estimate of drug-likeness (QED) is 0.667. The molecule has 19 heavy (non-hydrogen) atoms. The van der Waals surface area contributed by atoms with E-state index in [1.165, 1.54) is 17.3 Å². The van der Waals surface area contributed by atoms with Gasteiger partial charge in [0.2, 0.25) is 5.95 Å². The molecular formula is C11H13N5O2S. The molecule has 0 bridgehead atoms. The fourth-order valence-corrected chi connectivity index (χ4v) is 2.29. The number of nitro groups is 1. The molecule has 0 radical (unpaired) electrons. The lowest BCUT2D eigenvalue weighted by Gasteiger charge is -2.10. The lowest BCUT2D eigenvalue weighted by molar-refractivity contribution is -0.385. The van der Waals surface area contributed by atoms with Crippen LogP contribution >= 0.6 is 11.3 Å². The van der Waals surface area contributed by atoms with E-state index < -0.39 is 4.92 Å². The second-order valence-corrected chi connectivity index (χ2v) is 5.05. The van der Waals surface area contributed by atoms with E-state index in [1.54, 1.807) is 11.3 Å². The summed E-state index contributed by atoms with van der Waals surface area (Å²) in [4.78, 5) is 23.3. The minimum absolute atomic E-state index is 0.0354. The normalized spacial score (nSPS) is 12.1. The summed E-state index contributed by atoms with van der Waals surface area (Å²) in [7, 11) is 0. The van der Waals surface area contributed by atoms with Crippen LogP contribution in [0.4, 0.5) is 11.6 Å². The van der Waals surface area contributed by atoms with Gasteiger partial charge in [-0.25, -0.2) is 15.0 Å². The Balaban J connectivity index is 2.05. The molecule has 0 amide bonds. The topological polar surface area (TPSA) is 93.8 Å². The van der Waals surface area contributed by atoms with Crippen molar-refractivity contribution >= 4 is 23.0 Å². The first kappa shape index (κ1) is 13.3. The van der Waals surface area contributed by atoms with Gasteiger partial charge in [0.05, 0.1) is 11.0 Å². The van der Waals surface area contributed by atoms with Gasteiger partial charge in [-0.3, -0.25) is 10.1 Å². The molecule has 0 saturated carbocycles. The van der Waals surface area contributed by atoms with Gasteiger partial charge in [-0.05, 0) is 13.3 Å². The number of anilines is 1. The van der Waals surface area contributed by atoms with Crippen LogP contribution in [0.25, 0.3) is 0 Å². The Bertz CT molecular complexity index is 569. The summed E-state index contributed by atoms with van der Waals surface area (Å²) in [5, 5.41) is 14.5. The molecule has 7 nitrogen and oxygen atoms in total. The van der Waals surface area contributed by atoms with Gasteiger partial charge in [0.15, 0.2) is 0 Å². The van der Waals surface area contributed by atoms with E-state index in [0.717, 1.165) is 11.4 Å². The molecule has 2 heterocycles. The predicted molar refractivity (Wildman–Crippen MR) is 72.2 cm³/mol. The van der Waals surface area contributed by atoms with Crippen molar-refractivity contribution < 1.29 is 4.92 Å². The van der Waals surface area contributed by atoms with Crippen LogP contribution in [-0.2, 0) is 6.42 Å². The summed E-state index contributed by atoms with van der Waals surface area (Å²) in [6.45, 7) is 4.03. The van der Waals surface area contributed by atoms with Gasteiger partial charge in [0.25, 0.3) is 0 Å². The van der Waals surface area contributed by atoms with Crippen LogP contribution in [0, 0.1) is 10.1 Å². The Morgan fingerprint density at radius 2 is 2.05 bits per heavy atom. The van der Waals surface area contributed by atoms with E-state index >= 15 is 0 Å². The standard InChI is InChI=1S/C11H13N5O2S/c1-3-9-6-12-10(19-9)7(2)15-11-13-4-8(5-14-11)16(17)18/h4-7H,3H2,1-2H3,(H,13,14,15). The van der Waals surface area contributed by atoms with Gasteiger partial charge in [-0.2, -0.15) is 0 Å². The fraction of sp³-hybridized carbons (Fsp3) is 0.364. The van der Waals surface area contributed by atoms with E-state index in [1.807, 2.05) is 13.1 Å². The van der Waals surface area contributed by atoms with Crippen molar-refractivity contribution in [3.8, 4) is 0 Å². The third-order valence-corrected chi connectivity index (χ3v) is 3.81. The maximum Gasteiger partial charge on any atom is 0.305 e. The Hall–Kier alpha value is -2.09. The molecule has 0 fully saturated rings. The van der Waals surface area contributed by atoms with Crippen LogP contribution in [0.5, 0.6) is 0 Å². The van der Waals surface area contributed by atoms with Crippen molar-refractivity contribution in [3.63, 3.8) is 0 Å². The zero-order valence-electron chi connectivity index (χ0n) is 10.5. The van der Waals surface area contributed by atoms with Gasteiger partial charge in [-0.15, -0.1) is 11.3 Å². The van der Waals surface area contributed by atoms with Crippen molar-refractivity contribution in [2.24, 2.45) is 0 Å². The summed E-state index contributed by atoms with van der Waals surface area (Å²) in [6.07, 6.45) is 5.18. The number of thiazole rings is 1. The summed E-state index contributed by atoms with van der Waals surface area (Å²) < 4.78 is 0. The molecule has 0 aromatic carbocycles. The number of nitrogens with zero attached hydrogens (tertiary/aromatic N) is 4. The van der Waals surface area contributed by atoms with E-state index in [2.05, 4.69) is 27.2 Å². The average Bonchev–Trinajstić information content (AvgIpc) is 2.88. The molecule has 2 aromatic heterocycles. The van der Waals surface area contributed by atoms with Gasteiger partial charge >= 0.3 is 5.69 Å². The molecule has 2 rings (SSSR count). The smallest absolute Gasteiger partial charge is 0.305 e. The molecular weight excluding hydrogens is 266 g/mol. The summed E-state index contributed by atoms with van der Waals surface area (Å²) >= 11 is 1.63. The average molecular weight is 279 g/mol. The van der Waals surface area contributed by atoms with E-state index in [-0.39, 0.29) is 11.7 Å². The number of aryl methyl sites for hydroxylation is 1. The molecule has 0 aliphatic rings. The minimum atomic E-state index is -0.526. The van der Waals surface area contributed by atoms with Crippen molar-refractivity contribution in [2.45, 2.75) is 26.3 Å². The molecule has 0 spiro atoms. The Morgan fingerprint density at radius 1 is 1.37 bits per heavy atom. The van der Waals surface area contributed by atoms with Crippen LogP contribution in [0.1, 0.15) is 29.8 Å². The van der Waals surface area contributed by atoms with Gasteiger partial charge in [-0.1, -0.05) is 6.92 Å². The largest absolute Gasteiger partial charge is 0.345 e. The molecule has 8 heteroatoms. The molecule has 1 N–H and O–H groups in total. The van der Waals surface area contributed by atoms with Gasteiger partial charge in [0.1, 0.15) is 17.4 Å². The van der Waals surface area contributed by atoms with E-state index in [0.29, 0.717) is 5.95 Å². The third kappa shape index (κ3) is 3.22. The lowest BCUT2D eigenvalue weighted by atomic mass is 10.3. The highest BCUT2D eigenvalue weighted by Crippen LogP contribution is 2.22. The maximum atomic E-state index is 10.5. The predicted octanol–water partition coefficient (Wildman–Crippen LogP) is 2.58. The number of nitrogens with one attached hydrogen (secondary N) is 1. The second kappa shape index (κ2) is 5.70. The Kier molecular flexibility index (Phi) is 4.00. The van der Waals surface area contributed by atoms with Gasteiger partial charge in [0, 0.05) is 11.1 Å². The Labute approximate surface area is 113 Å². The monoisotopic (exact) mass is 279 g/mol. The number of hydrogen-bond acceptors (Lipinski definition) is 7. The van der Waals surface area contributed by atoms with Crippen LogP contribution in [-0.4, -0.2) is 19.9 Å². The molecule has 2 aromatic rings. The van der Waals surface area contributed by atoms with Gasteiger partial charge < -0.3 is 5.32 Å². The zero-order valence-corrected chi connectivity index (χ0v) is 11.3. The molecule has 1 atom stereocenters. The summed E-state index contributed by atoms with van der Waals surface area (Å²) in [5.41, 5.74) is -0.124. The van der Waals surface area contributed by atoms with Crippen molar-refractivity contribution in [1.29, 1.82) is 0 Å². The van der Waals surface area contributed by atoms with E-state index in [4.69, 9.17) is 0 Å². The summed E-state index contributed by atoms with van der Waals surface area (Å²) in [6, 6.07) is -0.0354. The van der Waals surface area contributed by atoms with Crippen molar-refractivity contribution in [1.82, 2.24) is 15.0 Å². The SMILES string of the molecule is CCc1cnc(C(C)Nc2ncc([N+](=O)[O-])cn2)s1. The first-order valence-electron chi connectivity index (χ1n) is 5.77. The lowest BCUT2D eigenvalue weighted by Crippen LogP contribution is -2.09. The molecule has 1 unspecified atom stereocenters. The highest BCUT2D eigenvalue weighted by molar-refractivity contribution is 7.11. The van der Waals surface area contributed by atoms with Crippen LogP contribution < -0.4 is 5.32 Å².